The van der Waals surface area contributed by atoms with E-state index in [-0.39, 0.29) is 11.3 Å². The van der Waals surface area contributed by atoms with E-state index < -0.39 is 0 Å². The third-order valence-electron chi connectivity index (χ3n) is 3.07. The van der Waals surface area contributed by atoms with Crippen LogP contribution >= 0.6 is 11.6 Å². The van der Waals surface area contributed by atoms with Crippen LogP contribution in [-0.4, -0.2) is 22.8 Å². The van der Waals surface area contributed by atoms with Crippen LogP contribution in [0, 0.1) is 5.92 Å². The molecule has 1 aromatic heterocycles. The molecule has 1 amide bonds. The van der Waals surface area contributed by atoms with Gasteiger partial charge >= 0.3 is 0 Å². The van der Waals surface area contributed by atoms with E-state index in [2.05, 4.69) is 10.3 Å². The monoisotopic (exact) mass is 276 g/mol. The number of rotatable bonds is 4. The fourth-order valence-electron chi connectivity index (χ4n) is 1.81. The molecule has 3 nitrogen and oxygen atoms in total. The number of hydrogen-bond donors (Lipinski definition) is 1. The van der Waals surface area contributed by atoms with Crippen LogP contribution in [0.15, 0.2) is 36.5 Å². The van der Waals surface area contributed by atoms with Crippen LogP contribution in [0.1, 0.15) is 24.2 Å². The van der Waals surface area contributed by atoms with E-state index in [9.17, 15) is 4.79 Å². The van der Waals surface area contributed by atoms with Crippen molar-refractivity contribution in [2.75, 3.05) is 6.54 Å². The predicted molar refractivity (Wildman–Crippen MR) is 78.6 cm³/mol. The molecule has 1 unspecified atom stereocenters. The summed E-state index contributed by atoms with van der Waals surface area (Å²) in [7, 11) is 0. The van der Waals surface area contributed by atoms with Gasteiger partial charge < -0.3 is 5.32 Å². The molecule has 0 aliphatic carbocycles. The lowest BCUT2D eigenvalue weighted by atomic mass is 10.1. The quantitative estimate of drug-likeness (QED) is 0.871. The number of nitrogens with zero attached hydrogens (tertiary/aromatic N) is 1. The standard InChI is InChI=1S/C15H17ClN2O/c1-10(2)13(16)9-18-15(19)12-7-8-17-14-6-4-3-5-11(12)14/h3-8,10,13H,9H2,1-2H3,(H,18,19). The molecule has 1 N–H and O–H groups in total. The molecular weight excluding hydrogens is 260 g/mol. The molecule has 100 valence electrons. The maximum Gasteiger partial charge on any atom is 0.252 e. The number of halogens is 1. The first kappa shape index (κ1) is 13.8. The molecule has 0 aliphatic heterocycles. The molecule has 1 aromatic carbocycles. The van der Waals surface area contributed by atoms with E-state index in [1.165, 1.54) is 0 Å². The molecule has 1 heterocycles. The summed E-state index contributed by atoms with van der Waals surface area (Å²) in [5, 5.41) is 3.67. The molecule has 0 radical (unpaired) electrons. The van der Waals surface area contributed by atoms with Gasteiger partial charge in [0.15, 0.2) is 0 Å². The van der Waals surface area contributed by atoms with E-state index >= 15 is 0 Å². The first-order valence-electron chi connectivity index (χ1n) is 6.35. The van der Waals surface area contributed by atoms with Crippen LogP contribution < -0.4 is 5.32 Å². The number of pyridine rings is 1. The number of fused-ring (bicyclic) bond motifs is 1. The predicted octanol–water partition coefficient (Wildman–Crippen LogP) is 3.23. The van der Waals surface area contributed by atoms with Crippen LogP contribution in [0.4, 0.5) is 0 Å². The number of para-hydroxylation sites is 1. The van der Waals surface area contributed by atoms with Crippen molar-refractivity contribution < 1.29 is 4.79 Å². The average molecular weight is 277 g/mol. The van der Waals surface area contributed by atoms with Gasteiger partial charge in [-0.25, -0.2) is 0 Å². The summed E-state index contributed by atoms with van der Waals surface area (Å²) in [6, 6.07) is 9.34. The van der Waals surface area contributed by atoms with E-state index in [1.54, 1.807) is 12.3 Å². The second-order valence-electron chi connectivity index (χ2n) is 4.85. The molecule has 1 atom stereocenters. The van der Waals surface area contributed by atoms with Crippen molar-refractivity contribution in [2.45, 2.75) is 19.2 Å². The lowest BCUT2D eigenvalue weighted by Crippen LogP contribution is -2.32. The molecule has 2 rings (SSSR count). The number of amides is 1. The third kappa shape index (κ3) is 3.24. The Morgan fingerprint density at radius 3 is 2.79 bits per heavy atom. The fourth-order valence-corrected chi connectivity index (χ4v) is 1.89. The molecular formula is C15H17ClN2O. The van der Waals surface area contributed by atoms with Crippen molar-refractivity contribution in [2.24, 2.45) is 5.92 Å². The molecule has 0 saturated carbocycles. The Balaban J connectivity index is 2.18. The van der Waals surface area contributed by atoms with Gasteiger partial charge in [0.2, 0.25) is 0 Å². The third-order valence-corrected chi connectivity index (χ3v) is 3.73. The van der Waals surface area contributed by atoms with E-state index in [0.29, 0.717) is 18.0 Å². The number of alkyl halides is 1. The Kier molecular flexibility index (Phi) is 4.38. The van der Waals surface area contributed by atoms with Crippen molar-refractivity contribution in [1.82, 2.24) is 10.3 Å². The first-order valence-corrected chi connectivity index (χ1v) is 6.79. The zero-order valence-corrected chi connectivity index (χ0v) is 11.8. The number of hydrogen-bond acceptors (Lipinski definition) is 2. The fraction of sp³-hybridized carbons (Fsp3) is 0.333. The molecule has 0 aliphatic rings. The van der Waals surface area contributed by atoms with Crippen LogP contribution in [0.25, 0.3) is 10.9 Å². The van der Waals surface area contributed by atoms with Crippen molar-refractivity contribution >= 4 is 28.4 Å². The first-order chi connectivity index (χ1) is 9.09. The van der Waals surface area contributed by atoms with Crippen molar-refractivity contribution in [3.63, 3.8) is 0 Å². The minimum Gasteiger partial charge on any atom is -0.351 e. The Morgan fingerprint density at radius 1 is 1.32 bits per heavy atom. The largest absolute Gasteiger partial charge is 0.351 e. The summed E-state index contributed by atoms with van der Waals surface area (Å²) in [5.41, 5.74) is 1.46. The summed E-state index contributed by atoms with van der Waals surface area (Å²) < 4.78 is 0. The van der Waals surface area contributed by atoms with Crippen LogP contribution in [0.5, 0.6) is 0 Å². The van der Waals surface area contributed by atoms with Crippen LogP contribution in [0.2, 0.25) is 0 Å². The smallest absolute Gasteiger partial charge is 0.252 e. The van der Waals surface area contributed by atoms with Gasteiger partial charge in [0.05, 0.1) is 16.5 Å². The number of aromatic nitrogens is 1. The van der Waals surface area contributed by atoms with Gasteiger partial charge in [-0.15, -0.1) is 11.6 Å². The summed E-state index contributed by atoms with van der Waals surface area (Å²) >= 11 is 6.14. The lowest BCUT2D eigenvalue weighted by molar-refractivity contribution is 0.0954. The van der Waals surface area contributed by atoms with E-state index in [1.807, 2.05) is 38.1 Å². The van der Waals surface area contributed by atoms with Gasteiger partial charge in [-0.3, -0.25) is 9.78 Å². The Morgan fingerprint density at radius 2 is 2.05 bits per heavy atom. The molecule has 19 heavy (non-hydrogen) atoms. The van der Waals surface area contributed by atoms with E-state index in [4.69, 9.17) is 11.6 Å². The second-order valence-corrected chi connectivity index (χ2v) is 5.41. The van der Waals surface area contributed by atoms with Gasteiger partial charge in [-0.2, -0.15) is 0 Å². The molecule has 0 bridgehead atoms. The van der Waals surface area contributed by atoms with Crippen LogP contribution in [0.3, 0.4) is 0 Å². The maximum absolute atomic E-state index is 12.2. The number of carbonyl (C=O) groups excluding carboxylic acids is 1. The van der Waals surface area contributed by atoms with E-state index in [0.717, 1.165) is 10.9 Å². The van der Waals surface area contributed by atoms with Gasteiger partial charge in [0, 0.05) is 18.1 Å². The number of benzene rings is 1. The second kappa shape index (κ2) is 6.02. The van der Waals surface area contributed by atoms with Gasteiger partial charge in [0.1, 0.15) is 0 Å². The molecule has 0 saturated heterocycles. The number of carbonyl (C=O) groups is 1. The minimum atomic E-state index is -0.107. The van der Waals surface area contributed by atoms with Crippen molar-refractivity contribution in [3.05, 3.63) is 42.1 Å². The van der Waals surface area contributed by atoms with Crippen molar-refractivity contribution in [1.29, 1.82) is 0 Å². The van der Waals surface area contributed by atoms with Gasteiger partial charge in [-0.1, -0.05) is 32.0 Å². The SMILES string of the molecule is CC(C)C(Cl)CNC(=O)c1ccnc2ccccc12. The highest BCUT2D eigenvalue weighted by Gasteiger charge is 2.14. The Bertz CT molecular complexity index is 578. The summed E-state index contributed by atoms with van der Waals surface area (Å²) in [6.07, 6.45) is 1.65. The highest BCUT2D eigenvalue weighted by atomic mass is 35.5. The highest BCUT2D eigenvalue weighted by Crippen LogP contribution is 2.16. The number of nitrogens with one attached hydrogen (secondary N) is 1. The summed E-state index contributed by atoms with van der Waals surface area (Å²) in [5.74, 6) is 0.223. The zero-order valence-electron chi connectivity index (χ0n) is 11.1. The van der Waals surface area contributed by atoms with Crippen molar-refractivity contribution in [3.8, 4) is 0 Å². The average Bonchev–Trinajstić information content (AvgIpc) is 2.43. The highest BCUT2D eigenvalue weighted by molar-refractivity contribution is 6.21. The minimum absolute atomic E-state index is 0.0583. The molecule has 4 heteroatoms. The van der Waals surface area contributed by atoms with Crippen LogP contribution in [-0.2, 0) is 0 Å². The maximum atomic E-state index is 12.2. The molecule has 0 fully saturated rings. The molecule has 0 spiro atoms. The molecule has 2 aromatic rings. The lowest BCUT2D eigenvalue weighted by Gasteiger charge is -2.14. The summed E-state index contributed by atoms with van der Waals surface area (Å²) in [4.78, 5) is 16.4. The Labute approximate surface area is 118 Å². The summed E-state index contributed by atoms with van der Waals surface area (Å²) in [6.45, 7) is 4.53. The van der Waals surface area contributed by atoms with Gasteiger partial charge in [0.25, 0.3) is 5.91 Å². The zero-order chi connectivity index (χ0) is 13.8. The topological polar surface area (TPSA) is 42.0 Å². The normalized spacial score (nSPS) is 12.6. The Hall–Kier alpha value is -1.61. The van der Waals surface area contributed by atoms with Gasteiger partial charge in [-0.05, 0) is 18.1 Å².